The molecule has 0 aliphatic carbocycles. The van der Waals surface area contributed by atoms with Crippen LogP contribution in [0.3, 0.4) is 0 Å². The fourth-order valence-corrected chi connectivity index (χ4v) is 6.65. The van der Waals surface area contributed by atoms with Crippen LogP contribution in [0.1, 0.15) is 0 Å². The Morgan fingerprint density at radius 1 is 0.400 bits per heavy atom. The fraction of sp³-hybridized carbons (Fsp3) is 0.0200. The summed E-state index contributed by atoms with van der Waals surface area (Å²) in [6.45, 7) is 0. The van der Waals surface area contributed by atoms with Gasteiger partial charge >= 0.3 is 20.1 Å². The molecule has 0 amide bonds. The maximum Gasteiger partial charge on any atom is 3.00 e. The Bertz CT molecular complexity index is 2470. The molecule has 0 N–H and O–H groups in total. The summed E-state index contributed by atoms with van der Waals surface area (Å²) in [6.07, 6.45) is 7.42. The van der Waals surface area contributed by atoms with Crippen LogP contribution in [0.15, 0.2) is 195 Å². The minimum atomic E-state index is 0. The van der Waals surface area contributed by atoms with Crippen LogP contribution in [-0.2, 0) is 27.2 Å². The first-order valence-corrected chi connectivity index (χ1v) is 17.8. The number of hydrogen-bond donors (Lipinski definition) is 0. The first-order valence-electron chi connectivity index (χ1n) is 17.8. The third kappa shape index (κ3) is 8.35. The summed E-state index contributed by atoms with van der Waals surface area (Å²) in [5.74, 6) is 0.954. The van der Waals surface area contributed by atoms with Crippen molar-refractivity contribution in [3.63, 3.8) is 0 Å². The van der Waals surface area contributed by atoms with Crippen molar-refractivity contribution in [2.75, 3.05) is 0 Å². The van der Waals surface area contributed by atoms with Crippen molar-refractivity contribution in [3.8, 4) is 78.4 Å². The minimum absolute atomic E-state index is 0. The summed E-state index contributed by atoms with van der Waals surface area (Å²) in [5, 5.41) is 0. The molecule has 0 atom stereocenters. The molecule has 4 nitrogen and oxygen atoms in total. The predicted octanol–water partition coefficient (Wildman–Crippen LogP) is 12.0. The molecule has 0 unspecified atom stereocenters. The molecule has 5 heteroatoms. The molecule has 55 heavy (non-hydrogen) atoms. The Morgan fingerprint density at radius 3 is 1.49 bits per heavy atom. The van der Waals surface area contributed by atoms with Gasteiger partial charge in [-0.05, 0) is 62.5 Å². The summed E-state index contributed by atoms with van der Waals surface area (Å²) < 4.78 is 1.98. The van der Waals surface area contributed by atoms with Crippen molar-refractivity contribution >= 4 is 0 Å². The second-order valence-corrected chi connectivity index (χ2v) is 12.7. The first kappa shape index (κ1) is 36.8. The van der Waals surface area contributed by atoms with E-state index in [0.29, 0.717) is 0 Å². The van der Waals surface area contributed by atoms with Crippen molar-refractivity contribution in [2.24, 2.45) is 7.05 Å². The molecule has 264 valence electrons. The average Bonchev–Trinajstić information content (AvgIpc) is 3.70. The van der Waals surface area contributed by atoms with Crippen molar-refractivity contribution in [1.29, 1.82) is 0 Å². The molecule has 6 aromatic carbocycles. The van der Waals surface area contributed by atoms with Gasteiger partial charge in [-0.15, -0.1) is 107 Å². The molecule has 0 aliphatic heterocycles. The minimum Gasteiger partial charge on any atom is -0.373 e. The molecule has 0 radical (unpaired) electrons. The third-order valence-corrected chi connectivity index (χ3v) is 9.24. The number of hydrogen-bond acceptors (Lipinski definition) is 3. The summed E-state index contributed by atoms with van der Waals surface area (Å²) >= 11 is 0. The van der Waals surface area contributed by atoms with Crippen LogP contribution in [0, 0.1) is 18.2 Å². The van der Waals surface area contributed by atoms with E-state index in [0.717, 1.165) is 50.6 Å². The Hall–Kier alpha value is -6.52. The largest absolute Gasteiger partial charge is 3.00 e. The zero-order chi connectivity index (χ0) is 36.5. The summed E-state index contributed by atoms with van der Waals surface area (Å²) in [6, 6.07) is 68.0. The first-order chi connectivity index (χ1) is 26.7. The fourth-order valence-electron chi connectivity index (χ4n) is 6.65. The second kappa shape index (κ2) is 17.5. The van der Waals surface area contributed by atoms with E-state index in [1.807, 2.05) is 103 Å². The van der Waals surface area contributed by atoms with Gasteiger partial charge < -0.3 is 14.5 Å². The van der Waals surface area contributed by atoms with Gasteiger partial charge in [-0.2, -0.15) is 0 Å². The Balaban J connectivity index is 0.000000305. The molecule has 9 rings (SSSR count). The van der Waals surface area contributed by atoms with Gasteiger partial charge in [0.05, 0.1) is 5.82 Å². The second-order valence-electron chi connectivity index (χ2n) is 12.7. The molecule has 0 bridgehead atoms. The van der Waals surface area contributed by atoms with Crippen LogP contribution in [0.5, 0.6) is 0 Å². The Kier molecular flexibility index (Phi) is 11.7. The normalized spacial score (nSPS) is 10.5. The zero-order valence-electron chi connectivity index (χ0n) is 30.1. The van der Waals surface area contributed by atoms with Gasteiger partial charge in [-0.25, -0.2) is 0 Å². The van der Waals surface area contributed by atoms with Gasteiger partial charge in [0.2, 0.25) is 0 Å². The van der Waals surface area contributed by atoms with E-state index in [1.54, 1.807) is 6.20 Å². The maximum atomic E-state index is 4.64. The van der Waals surface area contributed by atoms with Crippen molar-refractivity contribution in [3.05, 3.63) is 213 Å². The van der Waals surface area contributed by atoms with Crippen LogP contribution in [-0.4, -0.2) is 19.5 Å². The number of aromatic nitrogens is 4. The van der Waals surface area contributed by atoms with Crippen LogP contribution in [0.25, 0.3) is 78.4 Å². The topological polar surface area (TPSA) is 43.6 Å². The number of pyridine rings is 2. The number of benzene rings is 6. The molecule has 0 saturated carbocycles. The van der Waals surface area contributed by atoms with Gasteiger partial charge in [-0.3, -0.25) is 4.98 Å². The van der Waals surface area contributed by atoms with E-state index in [9.17, 15) is 0 Å². The summed E-state index contributed by atoms with van der Waals surface area (Å²) in [5.41, 5.74) is 14.1. The van der Waals surface area contributed by atoms with E-state index in [1.165, 1.54) is 27.8 Å². The molecule has 9 aromatic rings. The van der Waals surface area contributed by atoms with Crippen LogP contribution in [0.2, 0.25) is 0 Å². The molecule has 3 heterocycles. The molecular formula is C50H35IrN4. The van der Waals surface area contributed by atoms with Gasteiger partial charge in [-0.1, -0.05) is 91.0 Å². The van der Waals surface area contributed by atoms with E-state index < -0.39 is 0 Å². The van der Waals surface area contributed by atoms with E-state index in [2.05, 4.69) is 130 Å². The van der Waals surface area contributed by atoms with Crippen molar-refractivity contribution in [2.45, 2.75) is 0 Å². The molecule has 0 saturated heterocycles. The smallest absolute Gasteiger partial charge is 0.373 e. The molecule has 0 aliphatic rings. The molecule has 3 aromatic heterocycles. The number of imidazole rings is 1. The quantitative estimate of drug-likeness (QED) is 0.150. The Morgan fingerprint density at radius 2 is 0.927 bits per heavy atom. The predicted molar refractivity (Wildman–Crippen MR) is 220 cm³/mol. The van der Waals surface area contributed by atoms with Crippen molar-refractivity contribution < 1.29 is 20.1 Å². The summed E-state index contributed by atoms with van der Waals surface area (Å²) in [7, 11) is 1.98. The SMILES string of the molecule is Cn1ccnc1-c1[c-]cccc1.[Ir+3].[c-]1ccccc1-c1cc(-c2ccccc2-c2ccccc2-c2ccccc2-c2cc[c-]c(-c3ccccn3)c2)ccn1. The summed E-state index contributed by atoms with van der Waals surface area (Å²) in [4.78, 5) is 13.4. The number of aryl methyl sites for hydroxylation is 1. The average molecular weight is 884 g/mol. The third-order valence-electron chi connectivity index (χ3n) is 9.24. The molecule has 0 fully saturated rings. The maximum absolute atomic E-state index is 4.64. The zero-order valence-corrected chi connectivity index (χ0v) is 32.5. The van der Waals surface area contributed by atoms with E-state index in [-0.39, 0.29) is 20.1 Å². The van der Waals surface area contributed by atoms with Crippen molar-refractivity contribution in [1.82, 2.24) is 19.5 Å². The van der Waals surface area contributed by atoms with Gasteiger partial charge in [0.25, 0.3) is 0 Å². The number of rotatable bonds is 7. The monoisotopic (exact) mass is 884 g/mol. The van der Waals surface area contributed by atoms with Crippen LogP contribution in [0.4, 0.5) is 0 Å². The van der Waals surface area contributed by atoms with Gasteiger partial charge in [0, 0.05) is 31.8 Å². The van der Waals surface area contributed by atoms with Crippen LogP contribution >= 0.6 is 0 Å². The molecular weight excluding hydrogens is 849 g/mol. The van der Waals surface area contributed by atoms with E-state index >= 15 is 0 Å². The number of nitrogens with zero attached hydrogens (tertiary/aromatic N) is 4. The van der Waals surface area contributed by atoms with Crippen LogP contribution < -0.4 is 0 Å². The Labute approximate surface area is 336 Å². The standard InChI is InChI=1S/C40H26N2.C10H9N2.Ir/c1-2-13-29(14-3-1)40-28-31(24-26-42-40)34-18-5-7-20-36(34)38-22-9-8-21-37(38)35-19-6-4-17-33(35)30-15-12-16-32(27-30)39-23-10-11-25-41-39;1-12-8-7-11-10(12)9-5-3-2-4-6-9;/h1-13,15,17-28H;2-5,7-8H,1H3;/q-2;-1;+3. The van der Waals surface area contributed by atoms with Gasteiger partial charge in [0.1, 0.15) is 0 Å². The van der Waals surface area contributed by atoms with E-state index in [4.69, 9.17) is 0 Å². The molecule has 0 spiro atoms. The van der Waals surface area contributed by atoms with Gasteiger partial charge in [0.15, 0.2) is 0 Å².